The van der Waals surface area contributed by atoms with E-state index in [0.717, 1.165) is 19.5 Å². The monoisotopic (exact) mass is 183 g/mol. The Morgan fingerprint density at radius 2 is 2.15 bits per heavy atom. The van der Waals surface area contributed by atoms with Crippen molar-refractivity contribution in [3.05, 3.63) is 0 Å². The molecule has 0 spiro atoms. The zero-order chi connectivity index (χ0) is 9.26. The van der Waals surface area contributed by atoms with E-state index in [0.29, 0.717) is 12.1 Å². The molecule has 0 radical (unpaired) electrons. The third-order valence-electron chi connectivity index (χ3n) is 3.02. The molecule has 2 N–H and O–H groups in total. The molecule has 2 amide bonds. The van der Waals surface area contributed by atoms with Crippen LogP contribution in [-0.2, 0) is 0 Å². The van der Waals surface area contributed by atoms with Crippen molar-refractivity contribution in [1.29, 1.82) is 0 Å². The highest BCUT2D eigenvalue weighted by Gasteiger charge is 2.30. The van der Waals surface area contributed by atoms with Crippen molar-refractivity contribution in [2.45, 2.75) is 31.3 Å². The number of amides is 2. The fourth-order valence-electron chi connectivity index (χ4n) is 2.29. The normalized spacial score (nSPS) is 32.8. The van der Waals surface area contributed by atoms with Gasteiger partial charge in [-0.2, -0.15) is 0 Å². The summed E-state index contributed by atoms with van der Waals surface area (Å²) in [4.78, 5) is 13.3. The van der Waals surface area contributed by atoms with Crippen molar-refractivity contribution >= 4 is 6.03 Å². The van der Waals surface area contributed by atoms with E-state index in [4.69, 9.17) is 0 Å². The second kappa shape index (κ2) is 3.54. The minimum Gasteiger partial charge on any atom is -0.341 e. The van der Waals surface area contributed by atoms with Gasteiger partial charge >= 0.3 is 6.03 Å². The Balaban J connectivity index is 1.97. The van der Waals surface area contributed by atoms with E-state index >= 15 is 0 Å². The predicted octanol–water partition coefficient (Wildman–Crippen LogP) is 0.152. The van der Waals surface area contributed by atoms with Crippen molar-refractivity contribution in [3.63, 3.8) is 0 Å². The van der Waals surface area contributed by atoms with Gasteiger partial charge < -0.3 is 15.5 Å². The highest BCUT2D eigenvalue weighted by Crippen LogP contribution is 2.20. The van der Waals surface area contributed by atoms with E-state index in [9.17, 15) is 4.79 Å². The Labute approximate surface area is 78.7 Å². The van der Waals surface area contributed by atoms with Crippen LogP contribution in [0.15, 0.2) is 0 Å². The van der Waals surface area contributed by atoms with Gasteiger partial charge in [-0.1, -0.05) is 0 Å². The summed E-state index contributed by atoms with van der Waals surface area (Å²) < 4.78 is 0. The van der Waals surface area contributed by atoms with Crippen LogP contribution in [0, 0.1) is 0 Å². The zero-order valence-electron chi connectivity index (χ0n) is 8.05. The van der Waals surface area contributed by atoms with Crippen molar-refractivity contribution < 1.29 is 4.79 Å². The molecule has 2 fully saturated rings. The number of carbonyl (C=O) groups excluding carboxylic acids is 1. The number of rotatable bonds is 0. The third-order valence-corrected chi connectivity index (χ3v) is 3.02. The number of hydrogen-bond acceptors (Lipinski definition) is 2. The number of fused-ring (bicyclic) bond motifs is 2. The van der Waals surface area contributed by atoms with E-state index < -0.39 is 0 Å². The molecular weight excluding hydrogens is 166 g/mol. The van der Waals surface area contributed by atoms with Gasteiger partial charge in [-0.15, -0.1) is 0 Å². The number of hydrogen-bond donors (Lipinski definition) is 2. The molecule has 0 aromatic rings. The molecule has 4 nitrogen and oxygen atoms in total. The minimum atomic E-state index is 0.0642. The lowest BCUT2D eigenvalue weighted by atomic mass is 10.1. The van der Waals surface area contributed by atoms with Crippen LogP contribution in [-0.4, -0.2) is 43.2 Å². The largest absolute Gasteiger partial charge is 0.341 e. The number of carbonyl (C=O) groups is 1. The lowest BCUT2D eigenvalue weighted by Crippen LogP contribution is -2.43. The highest BCUT2D eigenvalue weighted by molar-refractivity contribution is 5.73. The van der Waals surface area contributed by atoms with E-state index in [1.54, 1.807) is 7.05 Å². The van der Waals surface area contributed by atoms with Gasteiger partial charge in [-0.25, -0.2) is 4.79 Å². The molecule has 74 valence electrons. The Bertz CT molecular complexity index is 207. The molecule has 0 aromatic carbocycles. The van der Waals surface area contributed by atoms with Gasteiger partial charge in [-0.3, -0.25) is 0 Å². The van der Waals surface area contributed by atoms with Gasteiger partial charge in [0.05, 0.1) is 0 Å². The van der Waals surface area contributed by atoms with Gasteiger partial charge in [0.15, 0.2) is 0 Å². The molecule has 0 aromatic heterocycles. The minimum absolute atomic E-state index is 0.0642. The number of nitrogens with zero attached hydrogens (tertiary/aromatic N) is 1. The summed E-state index contributed by atoms with van der Waals surface area (Å²) in [6, 6.07) is 1.25. The van der Waals surface area contributed by atoms with Crippen LogP contribution in [0.25, 0.3) is 0 Å². The molecule has 0 aliphatic carbocycles. The summed E-state index contributed by atoms with van der Waals surface area (Å²) in [5, 5.41) is 6.22. The van der Waals surface area contributed by atoms with Crippen molar-refractivity contribution in [1.82, 2.24) is 15.5 Å². The Morgan fingerprint density at radius 3 is 2.92 bits per heavy atom. The summed E-state index contributed by atoms with van der Waals surface area (Å²) in [5.41, 5.74) is 0. The SMILES string of the molecule is CNC(=O)N1CCC2CCC(C1)N2. The van der Waals surface area contributed by atoms with Crippen LogP contribution in [0.2, 0.25) is 0 Å². The Kier molecular flexibility index (Phi) is 2.40. The lowest BCUT2D eigenvalue weighted by molar-refractivity contribution is 0.197. The first-order valence-electron chi connectivity index (χ1n) is 5.02. The molecule has 2 aliphatic rings. The van der Waals surface area contributed by atoms with Crippen LogP contribution < -0.4 is 10.6 Å². The number of likely N-dealkylation sites (tertiary alicyclic amines) is 1. The average Bonchev–Trinajstić information content (AvgIpc) is 2.45. The molecule has 13 heavy (non-hydrogen) atoms. The quantitative estimate of drug-likeness (QED) is 0.561. The number of nitrogens with one attached hydrogen (secondary N) is 2. The van der Waals surface area contributed by atoms with Crippen LogP contribution in [0.5, 0.6) is 0 Å². The first-order chi connectivity index (χ1) is 6.29. The van der Waals surface area contributed by atoms with Gasteiger partial charge in [0, 0.05) is 32.2 Å². The molecular formula is C9H17N3O. The topological polar surface area (TPSA) is 44.4 Å². The molecule has 2 rings (SSSR count). The average molecular weight is 183 g/mol. The maximum absolute atomic E-state index is 11.4. The molecule has 2 saturated heterocycles. The molecule has 2 aliphatic heterocycles. The maximum Gasteiger partial charge on any atom is 0.317 e. The van der Waals surface area contributed by atoms with E-state index in [2.05, 4.69) is 10.6 Å². The molecule has 0 saturated carbocycles. The molecule has 2 heterocycles. The fourth-order valence-corrected chi connectivity index (χ4v) is 2.29. The molecule has 2 bridgehead atoms. The summed E-state index contributed by atoms with van der Waals surface area (Å²) in [6.07, 6.45) is 3.61. The first kappa shape index (κ1) is 8.81. The van der Waals surface area contributed by atoms with Crippen LogP contribution in [0.1, 0.15) is 19.3 Å². The van der Waals surface area contributed by atoms with E-state index in [1.165, 1.54) is 12.8 Å². The van der Waals surface area contributed by atoms with Gasteiger partial charge in [0.1, 0.15) is 0 Å². The standard InChI is InChI=1S/C9H17N3O/c1-10-9(13)12-5-4-7-2-3-8(6-12)11-7/h7-8,11H,2-6H2,1H3,(H,10,13). The van der Waals surface area contributed by atoms with E-state index in [1.807, 2.05) is 4.90 Å². The summed E-state index contributed by atoms with van der Waals surface area (Å²) in [7, 11) is 1.69. The second-order valence-electron chi connectivity index (χ2n) is 3.93. The first-order valence-corrected chi connectivity index (χ1v) is 5.02. The summed E-state index contributed by atoms with van der Waals surface area (Å²) >= 11 is 0. The fraction of sp³-hybridized carbons (Fsp3) is 0.889. The Morgan fingerprint density at radius 1 is 1.38 bits per heavy atom. The smallest absolute Gasteiger partial charge is 0.317 e. The van der Waals surface area contributed by atoms with Crippen molar-refractivity contribution in [3.8, 4) is 0 Å². The van der Waals surface area contributed by atoms with Crippen molar-refractivity contribution in [2.75, 3.05) is 20.1 Å². The second-order valence-corrected chi connectivity index (χ2v) is 3.93. The molecule has 2 unspecified atom stereocenters. The van der Waals surface area contributed by atoms with Crippen LogP contribution >= 0.6 is 0 Å². The van der Waals surface area contributed by atoms with Crippen molar-refractivity contribution in [2.24, 2.45) is 0 Å². The molecule has 4 heteroatoms. The zero-order valence-corrected chi connectivity index (χ0v) is 8.05. The third kappa shape index (κ3) is 1.77. The highest BCUT2D eigenvalue weighted by atomic mass is 16.2. The number of urea groups is 1. The lowest BCUT2D eigenvalue weighted by Gasteiger charge is -2.23. The van der Waals surface area contributed by atoms with Gasteiger partial charge in [-0.05, 0) is 19.3 Å². The van der Waals surface area contributed by atoms with E-state index in [-0.39, 0.29) is 6.03 Å². The predicted molar refractivity (Wildman–Crippen MR) is 50.6 cm³/mol. The maximum atomic E-state index is 11.4. The molecule has 2 atom stereocenters. The van der Waals surface area contributed by atoms with Gasteiger partial charge in [0.2, 0.25) is 0 Å². The summed E-state index contributed by atoms with van der Waals surface area (Å²) in [6.45, 7) is 1.77. The van der Waals surface area contributed by atoms with Gasteiger partial charge in [0.25, 0.3) is 0 Å². The Hall–Kier alpha value is -0.770. The van der Waals surface area contributed by atoms with Crippen LogP contribution in [0.4, 0.5) is 4.79 Å². The summed E-state index contributed by atoms with van der Waals surface area (Å²) in [5.74, 6) is 0. The van der Waals surface area contributed by atoms with Crippen LogP contribution in [0.3, 0.4) is 0 Å².